The van der Waals surface area contributed by atoms with Crippen LogP contribution in [0.1, 0.15) is 38.7 Å². The fourth-order valence-electron chi connectivity index (χ4n) is 3.52. The van der Waals surface area contributed by atoms with Crippen LogP contribution in [0.5, 0.6) is 5.88 Å². The van der Waals surface area contributed by atoms with Crippen molar-refractivity contribution in [3.8, 4) is 5.88 Å². The van der Waals surface area contributed by atoms with E-state index in [1.54, 1.807) is 10.8 Å². The summed E-state index contributed by atoms with van der Waals surface area (Å²) in [5, 5.41) is 0.625. The molecular formula is C24H25NO4. The van der Waals surface area contributed by atoms with E-state index in [4.69, 9.17) is 14.3 Å². The molecule has 4 rings (SSSR count). The zero-order valence-electron chi connectivity index (χ0n) is 16.8. The summed E-state index contributed by atoms with van der Waals surface area (Å²) >= 11 is 0. The van der Waals surface area contributed by atoms with Crippen molar-refractivity contribution in [1.29, 1.82) is 0 Å². The summed E-state index contributed by atoms with van der Waals surface area (Å²) in [5.41, 5.74) is 2.82. The maximum atomic E-state index is 12.8. The molecule has 150 valence electrons. The Kier molecular flexibility index (Phi) is 5.56. The van der Waals surface area contributed by atoms with E-state index in [1.165, 1.54) is 6.07 Å². The van der Waals surface area contributed by atoms with Gasteiger partial charge in [-0.15, -0.1) is 4.73 Å². The Labute approximate surface area is 170 Å². The van der Waals surface area contributed by atoms with Gasteiger partial charge in [-0.1, -0.05) is 44.6 Å². The first-order valence-electron chi connectivity index (χ1n) is 10.2. The molecule has 0 unspecified atom stereocenters. The molecule has 1 aromatic heterocycles. The van der Waals surface area contributed by atoms with Crippen LogP contribution in [0.15, 0.2) is 76.7 Å². The van der Waals surface area contributed by atoms with Gasteiger partial charge in [-0.2, -0.15) is 0 Å². The van der Waals surface area contributed by atoms with Crippen LogP contribution in [-0.2, 0) is 11.2 Å². The SMILES string of the molecule is CCCOn1c(OC2=CC=C3CC=CC=C3O2)cc(=O)c2cccc(CCC)c21. The molecule has 0 spiro atoms. The molecule has 5 heteroatoms. The van der Waals surface area contributed by atoms with Gasteiger partial charge in [0.15, 0.2) is 5.43 Å². The molecule has 1 aliphatic heterocycles. The third-order valence-electron chi connectivity index (χ3n) is 4.86. The zero-order valence-corrected chi connectivity index (χ0v) is 16.8. The molecule has 0 radical (unpaired) electrons. The van der Waals surface area contributed by atoms with Gasteiger partial charge in [0.05, 0.1) is 11.6 Å². The molecule has 0 fully saturated rings. The predicted octanol–water partition coefficient (Wildman–Crippen LogP) is 4.81. The van der Waals surface area contributed by atoms with Gasteiger partial charge in [0.1, 0.15) is 12.4 Å². The Balaban J connectivity index is 1.79. The predicted molar refractivity (Wildman–Crippen MR) is 114 cm³/mol. The Morgan fingerprint density at radius 1 is 1.14 bits per heavy atom. The third-order valence-corrected chi connectivity index (χ3v) is 4.86. The van der Waals surface area contributed by atoms with E-state index in [1.807, 2.05) is 43.4 Å². The highest BCUT2D eigenvalue weighted by atomic mass is 16.7. The number of aryl methyl sites for hydroxylation is 1. The van der Waals surface area contributed by atoms with Crippen molar-refractivity contribution in [2.24, 2.45) is 0 Å². The summed E-state index contributed by atoms with van der Waals surface area (Å²) in [5.74, 6) is 1.39. The summed E-state index contributed by atoms with van der Waals surface area (Å²) in [4.78, 5) is 18.8. The van der Waals surface area contributed by atoms with Crippen molar-refractivity contribution in [2.75, 3.05) is 6.61 Å². The maximum Gasteiger partial charge on any atom is 0.291 e. The van der Waals surface area contributed by atoms with Crippen LogP contribution in [-0.4, -0.2) is 11.3 Å². The molecule has 0 saturated heterocycles. The molecule has 5 nitrogen and oxygen atoms in total. The highest BCUT2D eigenvalue weighted by Crippen LogP contribution is 2.29. The second-order valence-corrected chi connectivity index (χ2v) is 7.08. The Hall–Kier alpha value is -3.21. The van der Waals surface area contributed by atoms with E-state index >= 15 is 0 Å². The first kappa shape index (κ1) is 19.1. The monoisotopic (exact) mass is 391 g/mol. The summed E-state index contributed by atoms with van der Waals surface area (Å²) < 4.78 is 13.6. The molecule has 0 saturated carbocycles. The van der Waals surface area contributed by atoms with Crippen LogP contribution >= 0.6 is 0 Å². The van der Waals surface area contributed by atoms with Crippen molar-refractivity contribution in [2.45, 2.75) is 39.5 Å². The molecule has 1 aromatic carbocycles. The van der Waals surface area contributed by atoms with Gasteiger partial charge in [0, 0.05) is 11.5 Å². The molecule has 0 bridgehead atoms. The van der Waals surface area contributed by atoms with Crippen LogP contribution in [0, 0.1) is 0 Å². The number of hydrogen-bond acceptors (Lipinski definition) is 4. The number of fused-ring (bicyclic) bond motifs is 2. The van der Waals surface area contributed by atoms with Crippen LogP contribution in [0.3, 0.4) is 0 Å². The largest absolute Gasteiger partial charge is 0.426 e. The zero-order chi connectivity index (χ0) is 20.2. The molecule has 0 amide bonds. The van der Waals surface area contributed by atoms with Crippen LogP contribution in [0.4, 0.5) is 0 Å². The molecule has 0 N–H and O–H groups in total. The van der Waals surface area contributed by atoms with Gasteiger partial charge < -0.3 is 14.3 Å². The quantitative estimate of drug-likeness (QED) is 0.679. The molecule has 29 heavy (non-hydrogen) atoms. The number of aromatic nitrogens is 1. The van der Waals surface area contributed by atoms with Crippen LogP contribution in [0.2, 0.25) is 0 Å². The standard InChI is InChI=1S/C24H25NO4/c1-3-8-18-10-7-11-19-20(26)16-22(25(24(18)19)27-15-4-2)29-23-14-13-17-9-5-6-12-21(17)28-23/h5-7,10-14,16H,3-4,8-9,15H2,1-2H3. The minimum Gasteiger partial charge on any atom is -0.426 e. The number of pyridine rings is 1. The Morgan fingerprint density at radius 2 is 2.03 bits per heavy atom. The summed E-state index contributed by atoms with van der Waals surface area (Å²) in [6, 6.07) is 7.25. The van der Waals surface area contributed by atoms with Gasteiger partial charge in [-0.05, 0) is 48.6 Å². The average Bonchev–Trinajstić information content (AvgIpc) is 2.74. The van der Waals surface area contributed by atoms with E-state index in [0.29, 0.717) is 23.8 Å². The number of para-hydroxylation sites is 1. The molecule has 2 heterocycles. The average molecular weight is 391 g/mol. The number of allylic oxidation sites excluding steroid dienone is 6. The lowest BCUT2D eigenvalue weighted by Crippen LogP contribution is -2.21. The lowest BCUT2D eigenvalue weighted by Gasteiger charge is -2.22. The number of benzene rings is 1. The first-order valence-corrected chi connectivity index (χ1v) is 10.2. The Morgan fingerprint density at radius 3 is 2.86 bits per heavy atom. The molecule has 2 aromatic rings. The highest BCUT2D eigenvalue weighted by molar-refractivity contribution is 5.83. The summed E-state index contributed by atoms with van der Waals surface area (Å²) in [6.07, 6.45) is 13.2. The van der Waals surface area contributed by atoms with E-state index < -0.39 is 0 Å². The summed E-state index contributed by atoms with van der Waals surface area (Å²) in [6.45, 7) is 4.67. The highest BCUT2D eigenvalue weighted by Gasteiger charge is 2.20. The maximum absolute atomic E-state index is 12.8. The fourth-order valence-corrected chi connectivity index (χ4v) is 3.52. The number of nitrogens with zero attached hydrogens (tertiary/aromatic N) is 1. The van der Waals surface area contributed by atoms with Crippen molar-refractivity contribution >= 4 is 10.9 Å². The summed E-state index contributed by atoms with van der Waals surface area (Å²) in [7, 11) is 0. The minimum absolute atomic E-state index is 0.100. The smallest absolute Gasteiger partial charge is 0.291 e. The van der Waals surface area contributed by atoms with Gasteiger partial charge >= 0.3 is 0 Å². The fraction of sp³-hybridized carbons (Fsp3) is 0.292. The molecule has 0 atom stereocenters. The van der Waals surface area contributed by atoms with Crippen LogP contribution < -0.4 is 15.0 Å². The lowest BCUT2D eigenvalue weighted by atomic mass is 10.0. The molecule has 2 aliphatic rings. The van der Waals surface area contributed by atoms with E-state index in [0.717, 1.165) is 48.1 Å². The van der Waals surface area contributed by atoms with Crippen molar-refractivity contribution < 1.29 is 14.3 Å². The second-order valence-electron chi connectivity index (χ2n) is 7.08. The van der Waals surface area contributed by atoms with Gasteiger partial charge in [-0.3, -0.25) is 4.79 Å². The van der Waals surface area contributed by atoms with Crippen molar-refractivity contribution in [1.82, 2.24) is 4.73 Å². The van der Waals surface area contributed by atoms with Crippen molar-refractivity contribution in [3.63, 3.8) is 0 Å². The normalized spacial score (nSPS) is 15.2. The van der Waals surface area contributed by atoms with Gasteiger partial charge in [0.2, 0.25) is 5.88 Å². The topological polar surface area (TPSA) is 49.7 Å². The van der Waals surface area contributed by atoms with Crippen molar-refractivity contribution in [3.05, 3.63) is 87.7 Å². The van der Waals surface area contributed by atoms with Crippen LogP contribution in [0.25, 0.3) is 10.9 Å². The van der Waals surface area contributed by atoms with E-state index in [-0.39, 0.29) is 5.43 Å². The lowest BCUT2D eigenvalue weighted by molar-refractivity contribution is 0.0788. The Bertz CT molecular complexity index is 1100. The minimum atomic E-state index is -0.100. The molecular weight excluding hydrogens is 366 g/mol. The first-order chi connectivity index (χ1) is 14.2. The second kappa shape index (κ2) is 8.43. The van der Waals surface area contributed by atoms with Gasteiger partial charge in [-0.25, -0.2) is 0 Å². The molecule has 1 aliphatic carbocycles. The van der Waals surface area contributed by atoms with Gasteiger partial charge in [0.25, 0.3) is 5.95 Å². The number of rotatable bonds is 7. The van der Waals surface area contributed by atoms with E-state index in [2.05, 4.69) is 13.0 Å². The third kappa shape index (κ3) is 3.86. The number of ether oxygens (including phenoxy) is 2. The van der Waals surface area contributed by atoms with E-state index in [9.17, 15) is 4.79 Å². The number of hydrogen-bond donors (Lipinski definition) is 0.